The van der Waals surface area contributed by atoms with Crippen LogP contribution in [0.3, 0.4) is 0 Å². The van der Waals surface area contributed by atoms with Crippen LogP contribution in [0.2, 0.25) is 0 Å². The first-order chi connectivity index (χ1) is 12.2. The summed E-state index contributed by atoms with van der Waals surface area (Å²) in [6, 6.07) is 2.93. The minimum absolute atomic E-state index is 0.184. The van der Waals surface area contributed by atoms with Gasteiger partial charge in [-0.3, -0.25) is 20.0 Å². The van der Waals surface area contributed by atoms with Crippen molar-refractivity contribution >= 4 is 17.6 Å². The van der Waals surface area contributed by atoms with E-state index in [1.165, 1.54) is 4.90 Å². The third-order valence-corrected chi connectivity index (χ3v) is 4.12. The molecule has 3 amide bonds. The smallest absolute Gasteiger partial charge is 0.329 e. The van der Waals surface area contributed by atoms with Crippen LogP contribution in [0.4, 0.5) is 4.79 Å². The van der Waals surface area contributed by atoms with Gasteiger partial charge in [-0.25, -0.2) is 9.79 Å². The lowest BCUT2D eigenvalue weighted by Gasteiger charge is -2.18. The van der Waals surface area contributed by atoms with Crippen LogP contribution in [0.15, 0.2) is 53.8 Å². The monoisotopic (exact) mass is 356 g/mol. The van der Waals surface area contributed by atoms with Gasteiger partial charge in [0.15, 0.2) is 0 Å². The predicted octanol–water partition coefficient (Wildman–Crippen LogP) is 3.26. The molecule has 1 aliphatic rings. The van der Waals surface area contributed by atoms with Gasteiger partial charge in [0, 0.05) is 24.4 Å². The second kappa shape index (κ2) is 7.95. The van der Waals surface area contributed by atoms with Crippen LogP contribution in [0.25, 0.3) is 0 Å². The van der Waals surface area contributed by atoms with E-state index in [2.05, 4.69) is 21.9 Å². The molecule has 0 unspecified atom stereocenters. The van der Waals surface area contributed by atoms with Gasteiger partial charge < -0.3 is 4.74 Å². The number of pyridine rings is 1. The molecular formula is C19H24N4O3. The number of hydrogen-bond donors (Lipinski definition) is 1. The highest BCUT2D eigenvalue weighted by atomic mass is 16.5. The Morgan fingerprint density at radius 3 is 2.62 bits per heavy atom. The van der Waals surface area contributed by atoms with Crippen molar-refractivity contribution in [1.29, 1.82) is 0 Å². The molecule has 0 spiro atoms. The quantitative estimate of drug-likeness (QED) is 0.648. The fraction of sp³-hybridized carbons (Fsp3) is 0.368. The summed E-state index contributed by atoms with van der Waals surface area (Å²) in [6.45, 7) is 11.4. The number of nitrogens with one attached hydrogen (secondary N) is 1. The molecule has 0 aliphatic carbocycles. The van der Waals surface area contributed by atoms with E-state index in [-0.39, 0.29) is 5.91 Å². The molecule has 1 aliphatic heterocycles. The number of rotatable bonds is 5. The third-order valence-electron chi connectivity index (χ3n) is 4.12. The van der Waals surface area contributed by atoms with Crippen molar-refractivity contribution in [2.45, 2.75) is 34.1 Å². The maximum Gasteiger partial charge on any atom is 0.329 e. The van der Waals surface area contributed by atoms with Crippen LogP contribution in [0, 0.1) is 5.41 Å². The largest absolute Gasteiger partial charge is 0.456 e. The minimum atomic E-state index is -0.515. The number of carbonyl (C=O) groups excluding carboxylic acids is 2. The van der Waals surface area contributed by atoms with Crippen LogP contribution in [-0.2, 0) is 4.79 Å². The lowest BCUT2D eigenvalue weighted by molar-refractivity contribution is -0.132. The van der Waals surface area contributed by atoms with Gasteiger partial charge in [0.05, 0.1) is 5.71 Å². The van der Waals surface area contributed by atoms with Gasteiger partial charge in [0.2, 0.25) is 5.91 Å². The van der Waals surface area contributed by atoms with E-state index in [0.717, 1.165) is 0 Å². The van der Waals surface area contributed by atoms with Gasteiger partial charge in [0.1, 0.15) is 17.3 Å². The first-order valence-corrected chi connectivity index (χ1v) is 8.36. The van der Waals surface area contributed by atoms with Crippen molar-refractivity contribution in [3.63, 3.8) is 0 Å². The molecule has 0 bridgehead atoms. The highest BCUT2D eigenvalue weighted by Crippen LogP contribution is 2.30. The zero-order valence-electron chi connectivity index (χ0n) is 15.6. The molecule has 26 heavy (non-hydrogen) atoms. The minimum Gasteiger partial charge on any atom is -0.456 e. The van der Waals surface area contributed by atoms with Gasteiger partial charge >= 0.3 is 6.03 Å². The zero-order valence-corrected chi connectivity index (χ0v) is 15.6. The fourth-order valence-corrected chi connectivity index (χ4v) is 2.37. The van der Waals surface area contributed by atoms with E-state index in [4.69, 9.17) is 4.74 Å². The van der Waals surface area contributed by atoms with E-state index in [1.807, 2.05) is 13.8 Å². The summed E-state index contributed by atoms with van der Waals surface area (Å²) in [5, 5.41) is 2.66. The predicted molar refractivity (Wildman–Crippen MR) is 99.5 cm³/mol. The van der Waals surface area contributed by atoms with Crippen molar-refractivity contribution in [2.24, 2.45) is 10.4 Å². The topological polar surface area (TPSA) is 83.9 Å². The summed E-state index contributed by atoms with van der Waals surface area (Å²) in [5.41, 5.74) is -0.0116. The van der Waals surface area contributed by atoms with Crippen LogP contribution in [0.1, 0.15) is 34.1 Å². The summed E-state index contributed by atoms with van der Waals surface area (Å²) in [4.78, 5) is 34.1. The Morgan fingerprint density at radius 2 is 2.08 bits per heavy atom. The lowest BCUT2D eigenvalue weighted by atomic mass is 9.92. The Kier molecular flexibility index (Phi) is 5.92. The number of carbonyl (C=O) groups is 2. The van der Waals surface area contributed by atoms with E-state index in [0.29, 0.717) is 36.0 Å². The van der Waals surface area contributed by atoms with Crippen molar-refractivity contribution in [3.05, 3.63) is 48.8 Å². The number of hydrogen-bond acceptors (Lipinski definition) is 5. The summed E-state index contributed by atoms with van der Waals surface area (Å²) >= 11 is 0. The SMILES string of the molecule is C=C(Oc1ccncc1)C(C)=N/C(=C\C)NC(=O)N1CCC(C)(C)C1=O. The Bertz CT molecular complexity index is 766. The number of allylic oxidation sites excluding steroid dienone is 2. The Morgan fingerprint density at radius 1 is 1.42 bits per heavy atom. The summed E-state index contributed by atoms with van der Waals surface area (Å²) < 4.78 is 5.60. The number of ether oxygens (including phenoxy) is 1. The average molecular weight is 356 g/mol. The molecule has 1 fully saturated rings. The van der Waals surface area contributed by atoms with Gasteiger partial charge in [0.25, 0.3) is 0 Å². The first-order valence-electron chi connectivity index (χ1n) is 8.36. The molecule has 7 heteroatoms. The molecule has 0 aromatic carbocycles. The van der Waals surface area contributed by atoms with Crippen molar-refractivity contribution in [1.82, 2.24) is 15.2 Å². The summed E-state index contributed by atoms with van der Waals surface area (Å²) in [6.07, 6.45) is 5.51. The second-order valence-corrected chi connectivity index (χ2v) is 6.60. The van der Waals surface area contributed by atoms with Gasteiger partial charge in [-0.1, -0.05) is 20.4 Å². The Balaban J connectivity index is 2.02. The summed E-state index contributed by atoms with van der Waals surface area (Å²) in [5.74, 6) is 1.08. The number of nitrogens with zero attached hydrogens (tertiary/aromatic N) is 3. The number of imide groups is 1. The average Bonchev–Trinajstić information content (AvgIpc) is 2.88. The molecule has 138 valence electrons. The molecule has 1 aromatic rings. The molecule has 2 heterocycles. The van der Waals surface area contributed by atoms with Crippen LogP contribution < -0.4 is 10.1 Å². The maximum absolute atomic E-state index is 12.4. The molecule has 7 nitrogen and oxygen atoms in total. The standard InChI is InChI=1S/C19H24N4O3/c1-6-16(22-18(25)23-12-9-19(4,5)17(23)24)21-13(2)14(3)26-15-7-10-20-11-8-15/h6-8,10-11H,3,9,12H2,1-2,4-5H3,(H,22,25)/b16-6+,21-13?. The number of aliphatic imine (C=N–C) groups is 1. The number of aromatic nitrogens is 1. The zero-order chi connectivity index (χ0) is 19.3. The highest BCUT2D eigenvalue weighted by molar-refractivity contribution is 6.00. The van der Waals surface area contributed by atoms with Crippen molar-refractivity contribution in [3.8, 4) is 5.75 Å². The van der Waals surface area contributed by atoms with Gasteiger partial charge in [-0.2, -0.15) is 0 Å². The molecule has 2 rings (SSSR count). The Labute approximate surface area is 153 Å². The Hall–Kier alpha value is -2.96. The lowest BCUT2D eigenvalue weighted by Crippen LogP contribution is -2.42. The number of amides is 3. The second-order valence-electron chi connectivity index (χ2n) is 6.60. The molecule has 0 atom stereocenters. The van der Waals surface area contributed by atoms with Crippen molar-refractivity contribution in [2.75, 3.05) is 6.54 Å². The highest BCUT2D eigenvalue weighted by Gasteiger charge is 2.41. The first kappa shape index (κ1) is 19.4. The van der Waals surface area contributed by atoms with E-state index >= 15 is 0 Å². The van der Waals surface area contributed by atoms with E-state index in [9.17, 15) is 9.59 Å². The fourth-order valence-electron chi connectivity index (χ4n) is 2.37. The van der Waals surface area contributed by atoms with Crippen LogP contribution >= 0.6 is 0 Å². The molecule has 0 radical (unpaired) electrons. The maximum atomic E-state index is 12.4. The number of urea groups is 1. The molecule has 1 N–H and O–H groups in total. The van der Waals surface area contributed by atoms with E-state index < -0.39 is 11.4 Å². The molecule has 1 saturated heterocycles. The molecular weight excluding hydrogens is 332 g/mol. The number of likely N-dealkylation sites (tertiary alicyclic amines) is 1. The van der Waals surface area contributed by atoms with Crippen molar-refractivity contribution < 1.29 is 14.3 Å². The molecule has 1 aromatic heterocycles. The third kappa shape index (κ3) is 4.56. The summed E-state index contributed by atoms with van der Waals surface area (Å²) in [7, 11) is 0. The molecule has 0 saturated carbocycles. The normalized spacial score (nSPS) is 17.2. The van der Waals surface area contributed by atoms with Crippen LogP contribution in [-0.4, -0.2) is 34.1 Å². The van der Waals surface area contributed by atoms with Crippen LogP contribution in [0.5, 0.6) is 5.75 Å². The van der Waals surface area contributed by atoms with Gasteiger partial charge in [-0.05, 0) is 38.5 Å². The van der Waals surface area contributed by atoms with E-state index in [1.54, 1.807) is 44.4 Å². The van der Waals surface area contributed by atoms with Gasteiger partial charge in [-0.15, -0.1) is 0 Å².